The fourth-order valence-electron chi connectivity index (χ4n) is 1.46. The molecule has 5 heteroatoms. The number of rotatable bonds is 4. The van der Waals surface area contributed by atoms with Gasteiger partial charge in [0.1, 0.15) is 0 Å². The Bertz CT molecular complexity index is 594. The van der Waals surface area contributed by atoms with Gasteiger partial charge in [0.25, 0.3) is 0 Å². The maximum atomic E-state index is 5.80. The third-order valence-electron chi connectivity index (χ3n) is 2.46. The Hall–Kier alpha value is -1.78. The van der Waals surface area contributed by atoms with Gasteiger partial charge in [-0.05, 0) is 23.3 Å². The van der Waals surface area contributed by atoms with Crippen molar-refractivity contribution in [2.75, 3.05) is 0 Å². The standard InChI is InChI=1S/C15H14ClN3S/c16-14-8-6-12(7-9-14)10-18-19-15(17)20-11-13-4-2-1-3-5-13/h1-10H,11H2,(H2,17,19)/b18-10+. The van der Waals surface area contributed by atoms with Crippen LogP contribution in [-0.4, -0.2) is 11.4 Å². The first-order valence-electron chi connectivity index (χ1n) is 6.03. The summed E-state index contributed by atoms with van der Waals surface area (Å²) in [6, 6.07) is 17.4. The van der Waals surface area contributed by atoms with Crippen LogP contribution in [0.3, 0.4) is 0 Å². The van der Waals surface area contributed by atoms with Gasteiger partial charge in [0.15, 0.2) is 5.17 Å². The Kier molecular flexibility index (Phi) is 5.65. The van der Waals surface area contributed by atoms with Crippen molar-refractivity contribution in [1.82, 2.24) is 0 Å². The molecule has 0 radical (unpaired) electrons. The molecule has 2 N–H and O–H groups in total. The van der Waals surface area contributed by atoms with Crippen molar-refractivity contribution >= 4 is 34.7 Å². The molecule has 0 heterocycles. The van der Waals surface area contributed by atoms with Crippen LogP contribution in [0.5, 0.6) is 0 Å². The number of amidine groups is 1. The highest BCUT2D eigenvalue weighted by molar-refractivity contribution is 8.13. The second-order valence-corrected chi connectivity index (χ2v) is 5.44. The fourth-order valence-corrected chi connectivity index (χ4v) is 2.20. The predicted molar refractivity (Wildman–Crippen MR) is 88.4 cm³/mol. The number of thioether (sulfide) groups is 1. The number of hydrogen-bond acceptors (Lipinski definition) is 3. The van der Waals surface area contributed by atoms with E-state index in [4.69, 9.17) is 17.3 Å². The largest absolute Gasteiger partial charge is 0.377 e. The van der Waals surface area contributed by atoms with Gasteiger partial charge < -0.3 is 5.73 Å². The fraction of sp³-hybridized carbons (Fsp3) is 0.0667. The van der Waals surface area contributed by atoms with Gasteiger partial charge in [-0.15, -0.1) is 5.10 Å². The summed E-state index contributed by atoms with van der Waals surface area (Å²) in [4.78, 5) is 0. The lowest BCUT2D eigenvalue weighted by atomic mass is 10.2. The van der Waals surface area contributed by atoms with Crippen LogP contribution >= 0.6 is 23.4 Å². The van der Waals surface area contributed by atoms with Crippen LogP contribution in [0.2, 0.25) is 5.02 Å². The predicted octanol–water partition coefficient (Wildman–Crippen LogP) is 3.92. The van der Waals surface area contributed by atoms with Crippen LogP contribution in [-0.2, 0) is 5.75 Å². The molecule has 3 nitrogen and oxygen atoms in total. The van der Waals surface area contributed by atoms with Gasteiger partial charge in [0.2, 0.25) is 0 Å². The molecular weight excluding hydrogens is 290 g/mol. The highest BCUT2D eigenvalue weighted by Crippen LogP contribution is 2.11. The summed E-state index contributed by atoms with van der Waals surface area (Å²) in [6.07, 6.45) is 1.65. The van der Waals surface area contributed by atoms with Crippen LogP contribution in [0.1, 0.15) is 11.1 Å². The number of hydrogen-bond donors (Lipinski definition) is 1. The minimum atomic E-state index is 0.444. The molecule has 102 valence electrons. The lowest BCUT2D eigenvalue weighted by molar-refractivity contribution is 1.25. The molecule has 0 bridgehead atoms. The maximum Gasteiger partial charge on any atom is 0.180 e. The average molecular weight is 304 g/mol. The summed E-state index contributed by atoms with van der Waals surface area (Å²) >= 11 is 7.26. The van der Waals surface area contributed by atoms with Crippen molar-refractivity contribution in [2.45, 2.75) is 5.75 Å². The quantitative estimate of drug-likeness (QED) is 0.529. The van der Waals surface area contributed by atoms with Crippen molar-refractivity contribution in [3.05, 3.63) is 70.7 Å². The number of benzene rings is 2. The molecule has 2 aromatic rings. The van der Waals surface area contributed by atoms with Crippen LogP contribution in [0.15, 0.2) is 64.8 Å². The number of halogens is 1. The second kappa shape index (κ2) is 7.72. The van der Waals surface area contributed by atoms with Crippen LogP contribution in [0.4, 0.5) is 0 Å². The first-order valence-corrected chi connectivity index (χ1v) is 7.39. The van der Waals surface area contributed by atoms with Crippen LogP contribution in [0.25, 0.3) is 0 Å². The molecule has 2 rings (SSSR count). The van der Waals surface area contributed by atoms with Gasteiger partial charge in [-0.3, -0.25) is 0 Å². The molecule has 0 saturated heterocycles. The van der Waals surface area contributed by atoms with Crippen molar-refractivity contribution in [3.8, 4) is 0 Å². The molecule has 0 atom stereocenters. The highest BCUT2D eigenvalue weighted by Gasteiger charge is 1.95. The smallest absolute Gasteiger partial charge is 0.180 e. The van der Waals surface area contributed by atoms with Gasteiger partial charge in [-0.25, -0.2) is 0 Å². The van der Waals surface area contributed by atoms with Crippen molar-refractivity contribution < 1.29 is 0 Å². The Balaban J connectivity index is 1.86. The van der Waals surface area contributed by atoms with Crippen molar-refractivity contribution in [2.24, 2.45) is 15.9 Å². The van der Waals surface area contributed by atoms with Gasteiger partial charge in [-0.1, -0.05) is 65.8 Å². The minimum absolute atomic E-state index is 0.444. The van der Waals surface area contributed by atoms with E-state index in [1.54, 1.807) is 18.3 Å². The van der Waals surface area contributed by atoms with Gasteiger partial charge >= 0.3 is 0 Å². The molecule has 0 aromatic heterocycles. The minimum Gasteiger partial charge on any atom is -0.377 e. The molecule has 0 aliphatic rings. The van der Waals surface area contributed by atoms with E-state index in [-0.39, 0.29) is 0 Å². The van der Waals surface area contributed by atoms with E-state index in [9.17, 15) is 0 Å². The summed E-state index contributed by atoms with van der Waals surface area (Å²) < 4.78 is 0. The van der Waals surface area contributed by atoms with E-state index in [1.165, 1.54) is 17.3 Å². The van der Waals surface area contributed by atoms with E-state index in [1.807, 2.05) is 30.3 Å². The summed E-state index contributed by atoms with van der Waals surface area (Å²) in [6.45, 7) is 0. The molecule has 0 amide bonds. The zero-order valence-electron chi connectivity index (χ0n) is 10.7. The van der Waals surface area contributed by atoms with Gasteiger partial charge in [0, 0.05) is 10.8 Å². The summed E-state index contributed by atoms with van der Waals surface area (Å²) in [5, 5.41) is 9.05. The molecule has 2 aromatic carbocycles. The Morgan fingerprint density at radius 2 is 1.80 bits per heavy atom. The molecular formula is C15H14ClN3S. The summed E-state index contributed by atoms with van der Waals surface area (Å²) in [7, 11) is 0. The Morgan fingerprint density at radius 3 is 2.50 bits per heavy atom. The van der Waals surface area contributed by atoms with Crippen molar-refractivity contribution in [1.29, 1.82) is 0 Å². The topological polar surface area (TPSA) is 50.7 Å². The lowest BCUT2D eigenvalue weighted by Gasteiger charge is -1.99. The third-order valence-corrected chi connectivity index (χ3v) is 3.57. The first-order chi connectivity index (χ1) is 9.74. The van der Waals surface area contributed by atoms with E-state index in [0.29, 0.717) is 10.2 Å². The molecule has 0 spiro atoms. The molecule has 0 saturated carbocycles. The van der Waals surface area contributed by atoms with Crippen LogP contribution < -0.4 is 5.73 Å². The second-order valence-electron chi connectivity index (χ2n) is 4.01. The van der Waals surface area contributed by atoms with E-state index >= 15 is 0 Å². The zero-order valence-corrected chi connectivity index (χ0v) is 12.3. The van der Waals surface area contributed by atoms with Gasteiger partial charge in [0.05, 0.1) is 6.21 Å². The highest BCUT2D eigenvalue weighted by atomic mass is 35.5. The lowest BCUT2D eigenvalue weighted by Crippen LogP contribution is -2.05. The van der Waals surface area contributed by atoms with E-state index in [2.05, 4.69) is 22.3 Å². The third kappa shape index (κ3) is 5.07. The van der Waals surface area contributed by atoms with E-state index < -0.39 is 0 Å². The Labute approximate surface area is 127 Å². The average Bonchev–Trinajstić information content (AvgIpc) is 2.48. The van der Waals surface area contributed by atoms with Crippen LogP contribution in [0, 0.1) is 0 Å². The molecule has 0 fully saturated rings. The normalized spacial score (nSPS) is 11.9. The van der Waals surface area contributed by atoms with Crippen molar-refractivity contribution in [3.63, 3.8) is 0 Å². The molecule has 0 aliphatic heterocycles. The molecule has 0 aliphatic carbocycles. The zero-order chi connectivity index (χ0) is 14.2. The first kappa shape index (κ1) is 14.6. The molecule has 20 heavy (non-hydrogen) atoms. The SMILES string of the molecule is N/C(=N\N=C\c1ccc(Cl)cc1)SCc1ccccc1. The Morgan fingerprint density at radius 1 is 1.10 bits per heavy atom. The monoisotopic (exact) mass is 303 g/mol. The van der Waals surface area contributed by atoms with Gasteiger partial charge in [-0.2, -0.15) is 5.10 Å². The summed E-state index contributed by atoms with van der Waals surface area (Å²) in [5.74, 6) is 0.784. The number of nitrogens with zero attached hydrogens (tertiary/aromatic N) is 2. The number of nitrogens with two attached hydrogens (primary N) is 1. The molecule has 0 unspecified atom stereocenters. The summed E-state index contributed by atoms with van der Waals surface area (Å²) in [5.41, 5.74) is 7.92. The maximum absolute atomic E-state index is 5.80. The van der Waals surface area contributed by atoms with E-state index in [0.717, 1.165) is 11.3 Å².